The van der Waals surface area contributed by atoms with E-state index in [2.05, 4.69) is 15.1 Å². The quantitative estimate of drug-likeness (QED) is 0.623. The van der Waals surface area contributed by atoms with E-state index in [1.165, 1.54) is 6.07 Å². The molecule has 1 fully saturated rings. The van der Waals surface area contributed by atoms with Crippen molar-refractivity contribution in [2.24, 2.45) is 0 Å². The third-order valence-corrected chi connectivity index (χ3v) is 4.21. The third-order valence-electron chi connectivity index (χ3n) is 3.70. The molecule has 1 aromatic carbocycles. The maximum Gasteiger partial charge on any atom is 0.294 e. The Kier molecular flexibility index (Phi) is 4.49. The van der Waals surface area contributed by atoms with Crippen molar-refractivity contribution in [1.29, 1.82) is 0 Å². The van der Waals surface area contributed by atoms with Crippen molar-refractivity contribution in [3.63, 3.8) is 0 Å². The predicted molar refractivity (Wildman–Crippen MR) is 89.6 cm³/mol. The third kappa shape index (κ3) is 3.30. The number of halogens is 2. The number of aromatic nitrogens is 2. The average molecular weight is 354 g/mol. The van der Waals surface area contributed by atoms with Gasteiger partial charge in [-0.15, -0.1) is 10.2 Å². The molecule has 0 aliphatic carbocycles. The van der Waals surface area contributed by atoms with Gasteiger partial charge in [-0.2, -0.15) is 0 Å². The van der Waals surface area contributed by atoms with E-state index >= 15 is 0 Å². The highest BCUT2D eigenvalue weighted by Gasteiger charge is 2.26. The molecule has 0 radical (unpaired) electrons. The number of hydrogen-bond donors (Lipinski definition) is 0. The van der Waals surface area contributed by atoms with Crippen LogP contribution in [0.2, 0.25) is 10.2 Å². The Morgan fingerprint density at radius 3 is 2.30 bits per heavy atom. The molecule has 2 aromatic rings. The Morgan fingerprint density at radius 2 is 1.70 bits per heavy atom. The first kappa shape index (κ1) is 15.8. The Morgan fingerprint density at radius 1 is 1.00 bits per heavy atom. The molecular formula is C14H13Cl2N5O2. The maximum atomic E-state index is 11.2. The molecule has 1 aliphatic heterocycles. The molecule has 0 atom stereocenters. The molecular weight excluding hydrogens is 341 g/mol. The van der Waals surface area contributed by atoms with Crippen LogP contribution in [0.15, 0.2) is 30.3 Å². The van der Waals surface area contributed by atoms with E-state index in [4.69, 9.17) is 23.2 Å². The average Bonchev–Trinajstić information content (AvgIpc) is 2.55. The monoisotopic (exact) mass is 353 g/mol. The molecule has 3 rings (SSSR count). The van der Waals surface area contributed by atoms with Gasteiger partial charge in [-0.05, 0) is 18.2 Å². The molecule has 0 unspecified atom stereocenters. The van der Waals surface area contributed by atoms with E-state index in [0.717, 1.165) is 5.82 Å². The summed E-state index contributed by atoms with van der Waals surface area (Å²) in [6.45, 7) is 2.54. The van der Waals surface area contributed by atoms with Crippen molar-refractivity contribution in [2.45, 2.75) is 0 Å². The van der Waals surface area contributed by atoms with E-state index in [0.29, 0.717) is 42.0 Å². The lowest BCUT2D eigenvalue weighted by Crippen LogP contribution is -2.47. The van der Waals surface area contributed by atoms with Gasteiger partial charge >= 0.3 is 0 Å². The molecule has 0 amide bonds. The van der Waals surface area contributed by atoms with Gasteiger partial charge in [-0.3, -0.25) is 10.1 Å². The number of nitro benzene ring substituents is 1. The van der Waals surface area contributed by atoms with Gasteiger partial charge in [0.1, 0.15) is 5.69 Å². The minimum Gasteiger partial charge on any atom is -0.361 e. The first-order valence-corrected chi connectivity index (χ1v) is 7.74. The zero-order chi connectivity index (χ0) is 16.4. The van der Waals surface area contributed by atoms with Crippen LogP contribution in [-0.2, 0) is 0 Å². The van der Waals surface area contributed by atoms with E-state index < -0.39 is 4.92 Å². The van der Waals surface area contributed by atoms with Crippen LogP contribution in [0.1, 0.15) is 0 Å². The summed E-state index contributed by atoms with van der Waals surface area (Å²) in [4.78, 5) is 14.8. The highest BCUT2D eigenvalue weighted by atomic mass is 35.5. The van der Waals surface area contributed by atoms with Gasteiger partial charge in [0.25, 0.3) is 5.69 Å². The fraction of sp³-hybridized carbons (Fsp3) is 0.286. The summed E-state index contributed by atoms with van der Waals surface area (Å²) in [6.07, 6.45) is 0. The molecule has 2 heterocycles. The maximum absolute atomic E-state index is 11.2. The fourth-order valence-corrected chi connectivity index (χ4v) is 2.99. The zero-order valence-electron chi connectivity index (χ0n) is 12.0. The number of nitro groups is 1. The molecule has 1 aliphatic rings. The molecule has 1 aromatic heterocycles. The van der Waals surface area contributed by atoms with Crippen LogP contribution in [-0.4, -0.2) is 41.3 Å². The van der Waals surface area contributed by atoms with Crippen LogP contribution in [0, 0.1) is 10.1 Å². The Balaban J connectivity index is 1.77. The van der Waals surface area contributed by atoms with Gasteiger partial charge < -0.3 is 9.80 Å². The Hall–Kier alpha value is -2.12. The largest absolute Gasteiger partial charge is 0.361 e. The number of hydrogen-bond acceptors (Lipinski definition) is 6. The summed E-state index contributed by atoms with van der Waals surface area (Å²) in [5, 5.41) is 19.8. The van der Waals surface area contributed by atoms with Crippen LogP contribution in [0.5, 0.6) is 0 Å². The molecule has 0 bridgehead atoms. The van der Waals surface area contributed by atoms with Gasteiger partial charge in [0.15, 0.2) is 11.0 Å². The summed E-state index contributed by atoms with van der Waals surface area (Å²) in [6, 6.07) is 8.22. The molecule has 9 heteroatoms. The topological polar surface area (TPSA) is 75.4 Å². The number of anilines is 2. The van der Waals surface area contributed by atoms with Crippen molar-refractivity contribution >= 4 is 40.4 Å². The standard InChI is InChI=1S/C14H13Cl2N5O2/c15-10-2-1-3-11(21(22)23)14(10)20-8-6-19(7-9-20)13-5-4-12(16)17-18-13/h1-5H,6-9H2. The van der Waals surface area contributed by atoms with Crippen molar-refractivity contribution in [3.8, 4) is 0 Å². The molecule has 1 saturated heterocycles. The van der Waals surface area contributed by atoms with Crippen molar-refractivity contribution in [2.75, 3.05) is 36.0 Å². The minimum absolute atomic E-state index is 0.0252. The second kappa shape index (κ2) is 6.55. The fourth-order valence-electron chi connectivity index (χ4n) is 2.60. The summed E-state index contributed by atoms with van der Waals surface area (Å²) in [7, 11) is 0. The van der Waals surface area contributed by atoms with Crippen molar-refractivity contribution < 1.29 is 4.92 Å². The molecule has 23 heavy (non-hydrogen) atoms. The van der Waals surface area contributed by atoms with Crippen LogP contribution >= 0.6 is 23.2 Å². The second-order valence-corrected chi connectivity index (χ2v) is 5.85. The molecule has 0 spiro atoms. The van der Waals surface area contributed by atoms with Crippen LogP contribution in [0.3, 0.4) is 0 Å². The van der Waals surface area contributed by atoms with Gasteiger partial charge in [0.2, 0.25) is 0 Å². The number of rotatable bonds is 3. The van der Waals surface area contributed by atoms with E-state index in [-0.39, 0.29) is 5.69 Å². The predicted octanol–water partition coefficient (Wildman–Crippen LogP) is 3.02. The first-order chi connectivity index (χ1) is 11.1. The lowest BCUT2D eigenvalue weighted by Gasteiger charge is -2.36. The van der Waals surface area contributed by atoms with Gasteiger partial charge in [-0.25, -0.2) is 0 Å². The number of nitrogens with zero attached hydrogens (tertiary/aromatic N) is 5. The lowest BCUT2D eigenvalue weighted by atomic mass is 10.2. The summed E-state index contributed by atoms with van der Waals surface area (Å²) in [5.41, 5.74) is 0.498. The Labute approximate surface area is 142 Å². The first-order valence-electron chi connectivity index (χ1n) is 6.98. The van der Waals surface area contributed by atoms with E-state index in [9.17, 15) is 10.1 Å². The Bertz CT molecular complexity index is 718. The van der Waals surface area contributed by atoms with Crippen molar-refractivity contribution in [3.05, 3.63) is 50.6 Å². The van der Waals surface area contributed by atoms with Gasteiger partial charge in [0, 0.05) is 32.2 Å². The van der Waals surface area contributed by atoms with Gasteiger partial charge in [-0.1, -0.05) is 29.3 Å². The number of piperazine rings is 1. The lowest BCUT2D eigenvalue weighted by molar-refractivity contribution is -0.384. The smallest absolute Gasteiger partial charge is 0.294 e. The van der Waals surface area contributed by atoms with E-state index in [1.807, 2.05) is 11.0 Å². The van der Waals surface area contributed by atoms with Crippen LogP contribution < -0.4 is 9.80 Å². The summed E-state index contributed by atoms with van der Waals surface area (Å²) in [5.74, 6) is 0.739. The normalized spacial score (nSPS) is 14.9. The zero-order valence-corrected chi connectivity index (χ0v) is 13.5. The number of benzene rings is 1. The van der Waals surface area contributed by atoms with Crippen LogP contribution in [0.4, 0.5) is 17.2 Å². The SMILES string of the molecule is O=[N+]([O-])c1cccc(Cl)c1N1CCN(c2ccc(Cl)nn2)CC1. The highest BCUT2D eigenvalue weighted by molar-refractivity contribution is 6.33. The second-order valence-electron chi connectivity index (χ2n) is 5.05. The molecule has 120 valence electrons. The number of para-hydroxylation sites is 1. The van der Waals surface area contributed by atoms with Crippen LogP contribution in [0.25, 0.3) is 0 Å². The van der Waals surface area contributed by atoms with Gasteiger partial charge in [0.05, 0.1) is 9.95 Å². The highest BCUT2D eigenvalue weighted by Crippen LogP contribution is 2.36. The molecule has 7 nitrogen and oxygen atoms in total. The van der Waals surface area contributed by atoms with Crippen molar-refractivity contribution in [1.82, 2.24) is 10.2 Å². The molecule has 0 N–H and O–H groups in total. The van der Waals surface area contributed by atoms with E-state index in [1.54, 1.807) is 18.2 Å². The summed E-state index contributed by atoms with van der Waals surface area (Å²) >= 11 is 11.9. The molecule has 0 saturated carbocycles. The minimum atomic E-state index is -0.405. The summed E-state index contributed by atoms with van der Waals surface area (Å²) < 4.78 is 0.